The number of carboxylic acids is 1. The van der Waals surface area contributed by atoms with Crippen molar-refractivity contribution in [1.29, 1.82) is 0 Å². The predicted octanol–water partition coefficient (Wildman–Crippen LogP) is 2.42. The molecule has 4 N–H and O–H groups in total. The molecule has 1 heterocycles. The van der Waals surface area contributed by atoms with Gasteiger partial charge in [0, 0.05) is 11.9 Å². The largest absolute Gasteiger partial charge is 0.481 e. The molecular weight excluding hydrogens is 272 g/mol. The topological polar surface area (TPSA) is 107 Å². The van der Waals surface area contributed by atoms with Gasteiger partial charge in [-0.3, -0.25) is 9.89 Å². The van der Waals surface area contributed by atoms with Gasteiger partial charge in [-0.1, -0.05) is 12.1 Å². The van der Waals surface area contributed by atoms with Crippen molar-refractivity contribution < 1.29 is 14.7 Å². The number of anilines is 2. The second-order valence-electron chi connectivity index (χ2n) is 5.07. The Morgan fingerprint density at radius 2 is 1.76 bits per heavy atom. The highest BCUT2D eigenvalue weighted by atomic mass is 16.4. The highest BCUT2D eigenvalue weighted by Gasteiger charge is 2.29. The number of nitrogens with one attached hydrogen (secondary N) is 3. The Labute approximate surface area is 121 Å². The molecule has 0 aliphatic heterocycles. The number of hydrogen-bond donors (Lipinski definition) is 4. The molecule has 7 heteroatoms. The molecular formula is C14H16N4O3. The van der Waals surface area contributed by atoms with E-state index in [0.717, 1.165) is 0 Å². The first-order chi connectivity index (χ1) is 9.89. The van der Waals surface area contributed by atoms with Gasteiger partial charge in [-0.15, -0.1) is 0 Å². The molecule has 0 atom stereocenters. The van der Waals surface area contributed by atoms with Crippen LogP contribution in [-0.4, -0.2) is 27.3 Å². The van der Waals surface area contributed by atoms with Crippen LogP contribution in [0.15, 0.2) is 36.7 Å². The number of urea groups is 1. The number of carboxylic acid groups (broad SMARTS) is 1. The summed E-state index contributed by atoms with van der Waals surface area (Å²) in [6, 6.07) is 6.29. The van der Waals surface area contributed by atoms with Crippen molar-refractivity contribution in [2.24, 2.45) is 0 Å². The molecule has 2 amide bonds. The van der Waals surface area contributed by atoms with Crippen molar-refractivity contribution in [2.45, 2.75) is 19.3 Å². The molecule has 0 saturated heterocycles. The molecule has 2 rings (SSSR count). The molecule has 0 spiro atoms. The molecule has 1 aromatic carbocycles. The number of rotatable bonds is 4. The SMILES string of the molecule is CC(C)(C(=O)O)c1ccc(NC(=O)Nc2cn[nH]c2)cc1. The summed E-state index contributed by atoms with van der Waals surface area (Å²) < 4.78 is 0. The van der Waals surface area contributed by atoms with Crippen molar-refractivity contribution in [3.63, 3.8) is 0 Å². The maximum atomic E-state index is 11.7. The van der Waals surface area contributed by atoms with Crippen molar-refractivity contribution in [1.82, 2.24) is 10.2 Å². The highest BCUT2D eigenvalue weighted by molar-refractivity contribution is 5.99. The summed E-state index contributed by atoms with van der Waals surface area (Å²) in [5.41, 5.74) is 0.810. The zero-order valence-electron chi connectivity index (χ0n) is 11.7. The molecule has 21 heavy (non-hydrogen) atoms. The van der Waals surface area contributed by atoms with E-state index >= 15 is 0 Å². The summed E-state index contributed by atoms with van der Waals surface area (Å²) in [6.45, 7) is 3.26. The third kappa shape index (κ3) is 3.38. The summed E-state index contributed by atoms with van der Waals surface area (Å²) >= 11 is 0. The fourth-order valence-electron chi connectivity index (χ4n) is 1.71. The van der Waals surface area contributed by atoms with Gasteiger partial charge in [-0.25, -0.2) is 4.79 Å². The third-order valence-corrected chi connectivity index (χ3v) is 3.16. The average Bonchev–Trinajstić information content (AvgIpc) is 2.91. The predicted molar refractivity (Wildman–Crippen MR) is 78.3 cm³/mol. The number of benzene rings is 1. The standard InChI is InChI=1S/C14H16N4O3/c1-14(2,12(19)20)9-3-5-10(6-4-9)17-13(21)18-11-7-15-16-8-11/h3-8H,1-2H3,(H,15,16)(H,19,20)(H2,17,18,21). The second-order valence-corrected chi connectivity index (χ2v) is 5.07. The fraction of sp³-hybridized carbons (Fsp3) is 0.214. The van der Waals surface area contributed by atoms with Crippen LogP contribution in [0, 0.1) is 0 Å². The van der Waals surface area contributed by atoms with E-state index in [0.29, 0.717) is 16.9 Å². The van der Waals surface area contributed by atoms with Crippen LogP contribution >= 0.6 is 0 Å². The smallest absolute Gasteiger partial charge is 0.323 e. The van der Waals surface area contributed by atoms with E-state index in [1.165, 1.54) is 6.20 Å². The van der Waals surface area contributed by atoms with Gasteiger partial charge >= 0.3 is 12.0 Å². The molecule has 0 fully saturated rings. The Morgan fingerprint density at radius 1 is 1.14 bits per heavy atom. The first kappa shape index (κ1) is 14.6. The minimum absolute atomic E-state index is 0.401. The molecule has 1 aromatic heterocycles. The van der Waals surface area contributed by atoms with Gasteiger partial charge in [-0.2, -0.15) is 5.10 Å². The number of amides is 2. The van der Waals surface area contributed by atoms with Gasteiger partial charge in [0.05, 0.1) is 17.3 Å². The Kier molecular flexibility index (Phi) is 3.93. The zero-order valence-corrected chi connectivity index (χ0v) is 11.7. The van der Waals surface area contributed by atoms with Crippen LogP contribution in [-0.2, 0) is 10.2 Å². The third-order valence-electron chi connectivity index (χ3n) is 3.16. The normalized spacial score (nSPS) is 11.0. The number of aromatic nitrogens is 2. The van der Waals surface area contributed by atoms with Crippen LogP contribution < -0.4 is 10.6 Å². The Balaban J connectivity index is 2.02. The van der Waals surface area contributed by atoms with E-state index in [9.17, 15) is 9.59 Å². The lowest BCUT2D eigenvalue weighted by Gasteiger charge is -2.19. The lowest BCUT2D eigenvalue weighted by molar-refractivity contribution is -0.142. The summed E-state index contributed by atoms with van der Waals surface area (Å²) in [7, 11) is 0. The van der Waals surface area contributed by atoms with Crippen LogP contribution in [0.2, 0.25) is 0 Å². The number of carbonyl (C=O) groups excluding carboxylic acids is 1. The van der Waals surface area contributed by atoms with Gasteiger partial charge in [0.1, 0.15) is 0 Å². The van der Waals surface area contributed by atoms with Gasteiger partial charge in [0.15, 0.2) is 0 Å². The molecule has 7 nitrogen and oxygen atoms in total. The summed E-state index contributed by atoms with van der Waals surface area (Å²) in [5, 5.41) is 20.7. The minimum atomic E-state index is -0.975. The number of aromatic amines is 1. The van der Waals surface area contributed by atoms with E-state index in [1.807, 2.05) is 0 Å². The zero-order chi connectivity index (χ0) is 15.5. The molecule has 0 unspecified atom stereocenters. The number of carbonyl (C=O) groups is 2. The van der Waals surface area contributed by atoms with Crippen LogP contribution in [0.4, 0.5) is 16.2 Å². The average molecular weight is 288 g/mol. The lowest BCUT2D eigenvalue weighted by atomic mass is 9.85. The molecule has 0 saturated carbocycles. The van der Waals surface area contributed by atoms with Crippen LogP contribution in [0.1, 0.15) is 19.4 Å². The molecule has 2 aromatic rings. The number of nitrogens with zero attached hydrogens (tertiary/aromatic N) is 1. The molecule has 0 aliphatic rings. The molecule has 0 radical (unpaired) electrons. The Hall–Kier alpha value is -2.83. The summed E-state index contributed by atoms with van der Waals surface area (Å²) in [4.78, 5) is 22.9. The van der Waals surface area contributed by atoms with Crippen molar-refractivity contribution in [3.8, 4) is 0 Å². The number of aliphatic carboxylic acids is 1. The van der Waals surface area contributed by atoms with Crippen LogP contribution in [0.5, 0.6) is 0 Å². The fourth-order valence-corrected chi connectivity index (χ4v) is 1.71. The van der Waals surface area contributed by atoms with Gasteiger partial charge in [0.25, 0.3) is 0 Å². The molecule has 0 bridgehead atoms. The minimum Gasteiger partial charge on any atom is -0.481 e. The Morgan fingerprint density at radius 3 is 2.29 bits per heavy atom. The second kappa shape index (κ2) is 5.66. The maximum Gasteiger partial charge on any atom is 0.323 e. The van der Waals surface area contributed by atoms with Crippen molar-refractivity contribution in [3.05, 3.63) is 42.2 Å². The van der Waals surface area contributed by atoms with E-state index < -0.39 is 17.4 Å². The quantitative estimate of drug-likeness (QED) is 0.693. The van der Waals surface area contributed by atoms with E-state index in [2.05, 4.69) is 20.8 Å². The summed E-state index contributed by atoms with van der Waals surface area (Å²) in [6.07, 6.45) is 3.04. The van der Waals surface area contributed by atoms with Crippen LogP contribution in [0.25, 0.3) is 0 Å². The molecule has 0 aliphatic carbocycles. The van der Waals surface area contributed by atoms with Gasteiger partial charge in [0.2, 0.25) is 0 Å². The number of hydrogen-bond acceptors (Lipinski definition) is 3. The van der Waals surface area contributed by atoms with Gasteiger partial charge < -0.3 is 15.7 Å². The monoisotopic (exact) mass is 288 g/mol. The van der Waals surface area contributed by atoms with Crippen molar-refractivity contribution in [2.75, 3.05) is 10.6 Å². The lowest BCUT2D eigenvalue weighted by Crippen LogP contribution is -2.28. The molecule has 110 valence electrons. The highest BCUT2D eigenvalue weighted by Crippen LogP contribution is 2.24. The van der Waals surface area contributed by atoms with Gasteiger partial charge in [-0.05, 0) is 31.5 Å². The van der Waals surface area contributed by atoms with E-state index in [-0.39, 0.29) is 0 Å². The number of H-pyrrole nitrogens is 1. The first-order valence-electron chi connectivity index (χ1n) is 6.30. The van der Waals surface area contributed by atoms with E-state index in [4.69, 9.17) is 5.11 Å². The first-order valence-corrected chi connectivity index (χ1v) is 6.30. The summed E-state index contributed by atoms with van der Waals surface area (Å²) in [5.74, 6) is -0.902. The Bertz CT molecular complexity index is 633. The van der Waals surface area contributed by atoms with Crippen LogP contribution in [0.3, 0.4) is 0 Å². The van der Waals surface area contributed by atoms with Crippen molar-refractivity contribution >= 4 is 23.4 Å². The maximum absolute atomic E-state index is 11.7. The van der Waals surface area contributed by atoms with E-state index in [1.54, 1.807) is 44.3 Å².